The minimum Gasteiger partial charge on any atom is -0.495 e. The van der Waals surface area contributed by atoms with Crippen molar-refractivity contribution >= 4 is 21.9 Å². The highest BCUT2D eigenvalue weighted by molar-refractivity contribution is 7.93. The van der Waals surface area contributed by atoms with Gasteiger partial charge in [0.2, 0.25) is 0 Å². The normalized spacial score (nSPS) is 19.8. The highest BCUT2D eigenvalue weighted by Gasteiger charge is 2.42. The summed E-state index contributed by atoms with van der Waals surface area (Å²) in [7, 11) is -1.30. The Hall–Kier alpha value is -3.31. The van der Waals surface area contributed by atoms with Gasteiger partial charge in [-0.15, -0.1) is 0 Å². The van der Waals surface area contributed by atoms with E-state index in [-0.39, 0.29) is 34.2 Å². The van der Waals surface area contributed by atoms with Gasteiger partial charge < -0.3 is 18.7 Å². The molecule has 0 radical (unpaired) electrons. The molecular weight excluding hydrogens is 436 g/mol. The van der Waals surface area contributed by atoms with Crippen molar-refractivity contribution in [2.45, 2.75) is 24.0 Å². The molecule has 2 aliphatic rings. The summed E-state index contributed by atoms with van der Waals surface area (Å²) in [6, 6.07) is 6.62. The van der Waals surface area contributed by atoms with Crippen molar-refractivity contribution in [3.05, 3.63) is 53.6 Å². The predicted molar refractivity (Wildman–Crippen MR) is 114 cm³/mol. The summed E-state index contributed by atoms with van der Waals surface area (Å²) in [5, 5.41) is 8.29. The lowest BCUT2D eigenvalue weighted by molar-refractivity contribution is 0.0951. The minimum absolute atomic E-state index is 0.0788. The third-order valence-electron chi connectivity index (χ3n) is 5.71. The lowest BCUT2D eigenvalue weighted by Crippen LogP contribution is -2.21. The van der Waals surface area contributed by atoms with Gasteiger partial charge >= 0.3 is 0 Å². The van der Waals surface area contributed by atoms with Gasteiger partial charge in [0.05, 0.1) is 32.4 Å². The van der Waals surface area contributed by atoms with Crippen molar-refractivity contribution in [3.8, 4) is 11.5 Å². The van der Waals surface area contributed by atoms with Crippen molar-refractivity contribution in [3.63, 3.8) is 0 Å². The first-order valence-electron chi connectivity index (χ1n) is 10.0. The fraction of sp³-hybridized carbons (Fsp3) is 0.333. The van der Waals surface area contributed by atoms with Crippen molar-refractivity contribution in [2.24, 2.45) is 5.92 Å². The third kappa shape index (κ3) is 3.43. The zero-order chi connectivity index (χ0) is 22.3. The minimum atomic E-state index is -4.10. The molecule has 10 nitrogen and oxygen atoms in total. The molecule has 0 saturated carbocycles. The summed E-state index contributed by atoms with van der Waals surface area (Å²) >= 11 is 0. The number of rotatable bonds is 7. The van der Waals surface area contributed by atoms with Crippen molar-refractivity contribution in [1.82, 2.24) is 14.9 Å². The maximum atomic E-state index is 13.3. The fourth-order valence-corrected chi connectivity index (χ4v) is 5.63. The van der Waals surface area contributed by atoms with Gasteiger partial charge in [0.15, 0.2) is 16.5 Å². The second-order valence-electron chi connectivity index (χ2n) is 7.52. The Labute approximate surface area is 184 Å². The number of aromatic nitrogens is 3. The number of anilines is 1. The quantitative estimate of drug-likeness (QED) is 0.574. The highest BCUT2D eigenvalue weighted by atomic mass is 32.2. The van der Waals surface area contributed by atoms with Crippen LogP contribution in [-0.4, -0.2) is 44.2 Å². The maximum Gasteiger partial charge on any atom is 0.270 e. The van der Waals surface area contributed by atoms with Crippen molar-refractivity contribution < 1.29 is 27.2 Å². The number of hydrogen-bond donors (Lipinski definition) is 1. The number of fused-ring (bicyclic) bond motifs is 3. The molecule has 2 aromatic heterocycles. The van der Waals surface area contributed by atoms with Crippen LogP contribution >= 0.6 is 0 Å². The average Bonchev–Trinajstić information content (AvgIpc) is 3.54. The maximum absolute atomic E-state index is 13.3. The number of nitrogens with one attached hydrogen (secondary N) is 1. The molecule has 0 amide bonds. The summed E-state index contributed by atoms with van der Waals surface area (Å²) in [5.74, 6) is 0.964. The van der Waals surface area contributed by atoms with Crippen LogP contribution in [0.25, 0.3) is 6.08 Å². The van der Waals surface area contributed by atoms with Crippen LogP contribution in [0.15, 0.2) is 51.7 Å². The third-order valence-corrected chi connectivity index (χ3v) is 7.11. The van der Waals surface area contributed by atoms with Crippen LogP contribution < -0.4 is 14.2 Å². The van der Waals surface area contributed by atoms with Crippen LogP contribution in [-0.2, 0) is 21.3 Å². The van der Waals surface area contributed by atoms with Crippen molar-refractivity contribution in [2.75, 3.05) is 25.5 Å². The van der Waals surface area contributed by atoms with Gasteiger partial charge in [-0.05, 0) is 36.3 Å². The van der Waals surface area contributed by atoms with Gasteiger partial charge in [0.1, 0.15) is 11.5 Å². The molecule has 1 aromatic carbocycles. The topological polar surface area (TPSA) is 118 Å². The number of hydrogen-bond acceptors (Lipinski definition) is 8. The van der Waals surface area contributed by atoms with E-state index in [1.54, 1.807) is 24.4 Å². The molecule has 1 aliphatic carbocycles. The largest absolute Gasteiger partial charge is 0.495 e. The number of benzene rings is 1. The molecular formula is C21H22N4O6S. The van der Waals surface area contributed by atoms with Crippen LogP contribution in [0.4, 0.5) is 5.82 Å². The Morgan fingerprint density at radius 2 is 2.00 bits per heavy atom. The molecule has 1 saturated heterocycles. The van der Waals surface area contributed by atoms with Gasteiger partial charge in [-0.25, -0.2) is 8.42 Å². The van der Waals surface area contributed by atoms with Crippen molar-refractivity contribution in [1.29, 1.82) is 0 Å². The highest BCUT2D eigenvalue weighted by Crippen LogP contribution is 2.48. The van der Waals surface area contributed by atoms with E-state index in [1.165, 1.54) is 14.2 Å². The van der Waals surface area contributed by atoms with Crippen LogP contribution in [0.2, 0.25) is 0 Å². The van der Waals surface area contributed by atoms with E-state index in [4.69, 9.17) is 18.7 Å². The van der Waals surface area contributed by atoms with E-state index in [2.05, 4.69) is 15.0 Å². The smallest absolute Gasteiger partial charge is 0.270 e. The fourth-order valence-electron chi connectivity index (χ4n) is 4.30. The number of ether oxygens (including phenoxy) is 3. The first-order chi connectivity index (χ1) is 15.5. The van der Waals surface area contributed by atoms with E-state index in [1.807, 2.05) is 23.0 Å². The molecule has 3 heterocycles. The first-order valence-corrected chi connectivity index (χ1v) is 11.5. The van der Waals surface area contributed by atoms with E-state index < -0.39 is 10.0 Å². The number of nitrogens with zero attached hydrogens (tertiary/aromatic N) is 3. The zero-order valence-electron chi connectivity index (χ0n) is 17.5. The molecule has 1 fully saturated rings. The summed E-state index contributed by atoms with van der Waals surface area (Å²) in [4.78, 5) is -0.114. The first kappa shape index (κ1) is 20.6. The summed E-state index contributed by atoms with van der Waals surface area (Å²) in [6.07, 6.45) is 5.98. The van der Waals surface area contributed by atoms with E-state index >= 15 is 0 Å². The molecule has 0 bridgehead atoms. The second kappa shape index (κ2) is 7.99. The molecule has 2 atom stereocenters. The molecule has 2 unspecified atom stereocenters. The summed E-state index contributed by atoms with van der Waals surface area (Å²) < 4.78 is 53.0. The van der Waals surface area contributed by atoms with Gasteiger partial charge in [-0.2, -0.15) is 5.10 Å². The van der Waals surface area contributed by atoms with Gasteiger partial charge in [0, 0.05) is 24.9 Å². The van der Waals surface area contributed by atoms with Crippen LogP contribution in [0.5, 0.6) is 11.5 Å². The molecule has 1 N–H and O–H groups in total. The van der Waals surface area contributed by atoms with Crippen LogP contribution in [0, 0.1) is 5.92 Å². The SMILES string of the molecule is COc1cccc(OC)c1S(=O)(=O)Nc1noc2c1C1OCCC1C(Cn1cccn1)=C2. The lowest BCUT2D eigenvalue weighted by Gasteiger charge is -2.25. The van der Waals surface area contributed by atoms with E-state index in [0.29, 0.717) is 24.5 Å². The molecule has 0 spiro atoms. The van der Waals surface area contributed by atoms with Gasteiger partial charge in [-0.3, -0.25) is 9.40 Å². The zero-order valence-corrected chi connectivity index (χ0v) is 18.3. The van der Waals surface area contributed by atoms with E-state index in [9.17, 15) is 8.42 Å². The molecule has 11 heteroatoms. The molecule has 3 aromatic rings. The Morgan fingerprint density at radius 3 is 2.69 bits per heavy atom. The number of sulfonamides is 1. The Morgan fingerprint density at radius 1 is 1.22 bits per heavy atom. The summed E-state index contributed by atoms with van der Waals surface area (Å²) in [5.41, 5.74) is 1.69. The molecule has 32 heavy (non-hydrogen) atoms. The van der Waals surface area contributed by atoms with Crippen LogP contribution in [0.3, 0.4) is 0 Å². The Bertz CT molecular complexity index is 1240. The summed E-state index contributed by atoms with van der Waals surface area (Å²) in [6.45, 7) is 1.15. The lowest BCUT2D eigenvalue weighted by atomic mass is 9.83. The Balaban J connectivity index is 1.52. The standard InChI is InChI=1S/C21H22N4O6S/c1-28-15-5-3-6-16(29-2)20(15)32(26,27)24-21-18-17(31-23-21)11-13(12-25-9-4-8-22-25)14-7-10-30-19(14)18/h3-6,8-9,11,14,19H,7,10,12H2,1-2H3,(H,23,24). The molecule has 5 rings (SSSR count). The van der Waals surface area contributed by atoms with Gasteiger partial charge in [-0.1, -0.05) is 11.2 Å². The second-order valence-corrected chi connectivity index (χ2v) is 9.13. The predicted octanol–water partition coefficient (Wildman–Crippen LogP) is 2.86. The molecule has 168 valence electrons. The average molecular weight is 458 g/mol. The number of methoxy groups -OCH3 is 2. The molecule has 1 aliphatic heterocycles. The Kier molecular flexibility index (Phi) is 5.14. The monoisotopic (exact) mass is 458 g/mol. The van der Waals surface area contributed by atoms with E-state index in [0.717, 1.165) is 12.0 Å². The van der Waals surface area contributed by atoms with Crippen LogP contribution in [0.1, 0.15) is 23.8 Å². The van der Waals surface area contributed by atoms with Gasteiger partial charge in [0.25, 0.3) is 10.0 Å².